The molecule has 5 N–H and O–H groups in total. The van der Waals surface area contributed by atoms with Crippen LogP contribution in [0.2, 0.25) is 0 Å². The van der Waals surface area contributed by atoms with Crippen molar-refractivity contribution >= 4 is 11.2 Å². The maximum atomic E-state index is 12.5. The van der Waals surface area contributed by atoms with Crippen LogP contribution < -0.4 is 29.0 Å². The highest BCUT2D eigenvalue weighted by molar-refractivity contribution is 5.69. The maximum Gasteiger partial charge on any atom is 0.332 e. The van der Waals surface area contributed by atoms with Crippen molar-refractivity contribution in [1.29, 1.82) is 0 Å². The number of hydrogen-bond donors (Lipinski definition) is 4. The minimum Gasteiger partial charge on any atom is -1.00 e. The molecule has 0 aliphatic carbocycles. The first kappa shape index (κ1) is 22.5. The van der Waals surface area contributed by atoms with E-state index in [0.717, 1.165) is 4.57 Å². The molecule has 29 heavy (non-hydrogen) atoms. The van der Waals surface area contributed by atoms with Gasteiger partial charge in [0.25, 0.3) is 5.56 Å². The fourth-order valence-electron chi connectivity index (χ4n) is 3.17. The number of quaternary nitrogens is 1. The first-order valence-corrected chi connectivity index (χ1v) is 8.84. The molecular formula is C18H24ClN5O5. The first-order valence-electron chi connectivity index (χ1n) is 8.84. The molecule has 0 radical (unpaired) electrons. The third kappa shape index (κ3) is 4.29. The molecule has 0 bridgehead atoms. The molecule has 2 aromatic heterocycles. The number of phenolic OH excluding ortho intramolecular Hbond substituents is 2. The van der Waals surface area contributed by atoms with Crippen LogP contribution in [0.5, 0.6) is 11.5 Å². The molecule has 1 aromatic carbocycles. The summed E-state index contributed by atoms with van der Waals surface area (Å²) in [6.07, 6.45) is 0.701. The molecule has 3 rings (SSSR count). The average molecular weight is 426 g/mol. The minimum absolute atomic E-state index is 0. The number of aliphatic hydroxyl groups is 1. The lowest BCUT2D eigenvalue weighted by Crippen LogP contribution is -3.00. The summed E-state index contributed by atoms with van der Waals surface area (Å²) in [6, 6.07) is 4.20. The van der Waals surface area contributed by atoms with E-state index in [1.807, 2.05) is 12.2 Å². The van der Waals surface area contributed by atoms with Crippen LogP contribution in [-0.2, 0) is 20.6 Å². The molecule has 0 saturated carbocycles. The number of aryl methyl sites for hydroxylation is 1. The number of imidazole rings is 1. The summed E-state index contributed by atoms with van der Waals surface area (Å²) in [5.74, 6) is -0.521. The number of aromatic hydroxyl groups is 2. The fraction of sp³-hybridized carbons (Fsp3) is 0.389. The number of rotatable bonds is 6. The zero-order chi connectivity index (χ0) is 20.6. The summed E-state index contributed by atoms with van der Waals surface area (Å²) in [5, 5.41) is 31.1. The Morgan fingerprint density at radius 1 is 1.14 bits per heavy atom. The Kier molecular flexibility index (Phi) is 6.73. The lowest BCUT2D eigenvalue weighted by molar-refractivity contribution is -0.693. The molecule has 0 aliphatic rings. The van der Waals surface area contributed by atoms with Crippen molar-refractivity contribution in [1.82, 2.24) is 18.7 Å². The van der Waals surface area contributed by atoms with E-state index in [1.165, 1.54) is 30.1 Å². The van der Waals surface area contributed by atoms with Gasteiger partial charge >= 0.3 is 5.69 Å². The number of halogens is 1. The number of aliphatic hydroxyl groups excluding tert-OH is 1. The highest BCUT2D eigenvalue weighted by Crippen LogP contribution is 2.27. The number of fused-ring (bicyclic) bond motifs is 1. The van der Waals surface area contributed by atoms with Crippen molar-refractivity contribution in [3.05, 3.63) is 50.9 Å². The van der Waals surface area contributed by atoms with Gasteiger partial charge in [-0.05, 0) is 24.6 Å². The quantitative estimate of drug-likeness (QED) is 0.294. The average Bonchev–Trinajstić information content (AvgIpc) is 3.08. The SMILES string of the molecule is CC(Cn1cnc2c1c(=O)n(C)c(=O)n2C)[NH2+]CC(O)c1ccc(O)c(O)c1.[Cl-]. The Labute approximate surface area is 172 Å². The molecule has 2 unspecified atom stereocenters. The molecule has 11 heteroatoms. The van der Waals surface area contributed by atoms with Crippen LogP contribution >= 0.6 is 0 Å². The lowest BCUT2D eigenvalue weighted by atomic mass is 10.1. The Morgan fingerprint density at radius 2 is 1.83 bits per heavy atom. The van der Waals surface area contributed by atoms with Gasteiger partial charge in [0, 0.05) is 14.1 Å². The smallest absolute Gasteiger partial charge is 0.332 e. The van der Waals surface area contributed by atoms with Gasteiger partial charge in [-0.25, -0.2) is 9.78 Å². The summed E-state index contributed by atoms with van der Waals surface area (Å²) < 4.78 is 4.09. The standard InChI is InChI=1S/C18H23N5O5.ClH/c1-10(19-7-14(26)11-4-5-12(24)13(25)6-11)8-23-9-20-16-15(23)17(27)22(3)18(28)21(16)2;/h4-6,9-10,14,19,24-26H,7-8H2,1-3H3;1H. The van der Waals surface area contributed by atoms with Crippen LogP contribution in [-0.4, -0.2) is 46.6 Å². The maximum absolute atomic E-state index is 12.5. The molecule has 0 saturated heterocycles. The van der Waals surface area contributed by atoms with Gasteiger partial charge in [-0.15, -0.1) is 0 Å². The van der Waals surface area contributed by atoms with Crippen molar-refractivity contribution in [2.45, 2.75) is 25.6 Å². The molecular weight excluding hydrogens is 402 g/mol. The summed E-state index contributed by atoms with van der Waals surface area (Å²) in [5.41, 5.74) is 0.356. The van der Waals surface area contributed by atoms with Gasteiger partial charge < -0.3 is 37.6 Å². The second-order valence-corrected chi connectivity index (χ2v) is 6.99. The Morgan fingerprint density at radius 3 is 2.48 bits per heavy atom. The van der Waals surface area contributed by atoms with Crippen molar-refractivity contribution in [2.24, 2.45) is 14.1 Å². The van der Waals surface area contributed by atoms with Gasteiger partial charge in [-0.1, -0.05) is 6.07 Å². The topological polar surface area (TPSA) is 139 Å². The van der Waals surface area contributed by atoms with E-state index in [-0.39, 0.29) is 29.9 Å². The van der Waals surface area contributed by atoms with Crippen LogP contribution in [0.15, 0.2) is 34.1 Å². The largest absolute Gasteiger partial charge is 1.00 e. The molecule has 2 heterocycles. The summed E-state index contributed by atoms with van der Waals surface area (Å²) in [4.78, 5) is 28.7. The van der Waals surface area contributed by atoms with E-state index in [2.05, 4.69) is 4.98 Å². The highest BCUT2D eigenvalue weighted by Gasteiger charge is 2.18. The van der Waals surface area contributed by atoms with E-state index >= 15 is 0 Å². The second kappa shape index (κ2) is 8.68. The minimum atomic E-state index is -0.831. The number of aromatic nitrogens is 4. The molecule has 10 nitrogen and oxygen atoms in total. The monoisotopic (exact) mass is 425 g/mol. The van der Waals surface area contributed by atoms with E-state index in [4.69, 9.17) is 0 Å². The van der Waals surface area contributed by atoms with Gasteiger partial charge in [0.05, 0.1) is 12.9 Å². The Hall–Kier alpha value is -2.82. The van der Waals surface area contributed by atoms with Crippen molar-refractivity contribution in [3.8, 4) is 11.5 Å². The Balaban J connectivity index is 0.00000300. The normalized spacial score (nSPS) is 13.2. The van der Waals surface area contributed by atoms with Crippen molar-refractivity contribution in [3.63, 3.8) is 0 Å². The van der Waals surface area contributed by atoms with Crippen LogP contribution in [0.4, 0.5) is 0 Å². The van der Waals surface area contributed by atoms with Crippen LogP contribution in [0, 0.1) is 0 Å². The predicted octanol–water partition coefficient (Wildman–Crippen LogP) is -4.47. The molecule has 0 aliphatic heterocycles. The molecule has 2 atom stereocenters. The first-order chi connectivity index (χ1) is 13.2. The van der Waals surface area contributed by atoms with Gasteiger partial charge in [-0.2, -0.15) is 0 Å². The zero-order valence-corrected chi connectivity index (χ0v) is 17.0. The van der Waals surface area contributed by atoms with Crippen LogP contribution in [0.25, 0.3) is 11.2 Å². The van der Waals surface area contributed by atoms with Gasteiger partial charge in [0.2, 0.25) is 0 Å². The van der Waals surface area contributed by atoms with Gasteiger partial charge in [-0.3, -0.25) is 13.9 Å². The van der Waals surface area contributed by atoms with Gasteiger partial charge in [0.15, 0.2) is 22.7 Å². The van der Waals surface area contributed by atoms with E-state index in [1.54, 1.807) is 17.7 Å². The van der Waals surface area contributed by atoms with Gasteiger partial charge in [0.1, 0.15) is 18.7 Å². The zero-order valence-electron chi connectivity index (χ0n) is 16.3. The third-order valence-electron chi connectivity index (χ3n) is 4.85. The number of benzene rings is 1. The van der Waals surface area contributed by atoms with E-state index in [0.29, 0.717) is 29.8 Å². The highest BCUT2D eigenvalue weighted by atomic mass is 35.5. The number of nitrogens with two attached hydrogens (primary N) is 1. The van der Waals surface area contributed by atoms with E-state index in [9.17, 15) is 24.9 Å². The van der Waals surface area contributed by atoms with Crippen molar-refractivity contribution in [2.75, 3.05) is 6.54 Å². The summed E-state index contributed by atoms with van der Waals surface area (Å²) in [6.45, 7) is 2.73. The predicted molar refractivity (Wildman–Crippen MR) is 101 cm³/mol. The molecule has 0 amide bonds. The molecule has 0 fully saturated rings. The third-order valence-corrected chi connectivity index (χ3v) is 4.85. The van der Waals surface area contributed by atoms with Crippen LogP contribution in [0.1, 0.15) is 18.6 Å². The second-order valence-electron chi connectivity index (χ2n) is 6.99. The summed E-state index contributed by atoms with van der Waals surface area (Å²) in [7, 11) is 3.00. The Bertz CT molecular complexity index is 1140. The number of nitrogens with zero attached hydrogens (tertiary/aromatic N) is 4. The summed E-state index contributed by atoms with van der Waals surface area (Å²) >= 11 is 0. The van der Waals surface area contributed by atoms with Crippen molar-refractivity contribution < 1.29 is 33.0 Å². The fourth-order valence-corrected chi connectivity index (χ4v) is 3.17. The molecule has 158 valence electrons. The molecule has 0 spiro atoms. The lowest BCUT2D eigenvalue weighted by Gasteiger charge is -2.16. The number of phenols is 2. The van der Waals surface area contributed by atoms with E-state index < -0.39 is 17.4 Å². The molecule has 3 aromatic rings. The van der Waals surface area contributed by atoms with Crippen LogP contribution in [0.3, 0.4) is 0 Å². The number of hydrogen-bond acceptors (Lipinski definition) is 6.